The first kappa shape index (κ1) is 21.9. The van der Waals surface area contributed by atoms with Crippen LogP contribution in [0.1, 0.15) is 76.9 Å². The highest BCUT2D eigenvalue weighted by Gasteiger charge is 2.19. The Kier molecular flexibility index (Phi) is 12.4. The van der Waals surface area contributed by atoms with E-state index in [1.54, 1.807) is 0 Å². The molecule has 144 valence electrons. The van der Waals surface area contributed by atoms with E-state index in [1.807, 2.05) is 24.3 Å². The first-order valence-corrected chi connectivity index (χ1v) is 10.1. The van der Waals surface area contributed by atoms with Crippen LogP contribution in [-0.2, 0) is 0 Å². The largest absolute Gasteiger partial charge is 0.395 e. The second-order valence-electron chi connectivity index (χ2n) is 6.86. The summed E-state index contributed by atoms with van der Waals surface area (Å²) in [6, 6.07) is 7.60. The lowest BCUT2D eigenvalue weighted by molar-refractivity contribution is 0.0899. The lowest BCUT2D eigenvalue weighted by Gasteiger charge is -2.23. The second-order valence-corrected chi connectivity index (χ2v) is 6.86. The number of nitrogens with one attached hydrogen (secondary N) is 2. The Morgan fingerprint density at radius 3 is 2.00 bits per heavy atom. The van der Waals surface area contributed by atoms with Gasteiger partial charge in [-0.2, -0.15) is 0 Å². The lowest BCUT2D eigenvalue weighted by Crippen LogP contribution is -2.38. The summed E-state index contributed by atoms with van der Waals surface area (Å²) in [6.07, 6.45) is 9.04. The zero-order valence-corrected chi connectivity index (χ0v) is 16.1. The van der Waals surface area contributed by atoms with Gasteiger partial charge in [0.25, 0.3) is 0 Å². The normalized spacial score (nSPS) is 13.6. The van der Waals surface area contributed by atoms with Crippen molar-refractivity contribution < 1.29 is 10.2 Å². The van der Waals surface area contributed by atoms with Crippen LogP contribution in [-0.4, -0.2) is 36.0 Å². The first-order valence-electron chi connectivity index (χ1n) is 10.1. The molecule has 0 spiro atoms. The molecular weight excluding hydrogens is 312 g/mol. The van der Waals surface area contributed by atoms with Gasteiger partial charge in [-0.25, -0.2) is 0 Å². The summed E-state index contributed by atoms with van der Waals surface area (Å²) in [6.45, 7) is 6.17. The van der Waals surface area contributed by atoms with Crippen molar-refractivity contribution in [1.29, 1.82) is 0 Å². The highest BCUT2D eigenvalue weighted by Crippen LogP contribution is 2.19. The summed E-state index contributed by atoms with van der Waals surface area (Å²) in [7, 11) is 0. The zero-order chi connectivity index (χ0) is 18.3. The summed E-state index contributed by atoms with van der Waals surface area (Å²) in [5, 5.41) is 26.8. The molecule has 0 aromatic heterocycles. The molecule has 1 rings (SSSR count). The van der Waals surface area contributed by atoms with Gasteiger partial charge in [-0.1, -0.05) is 64.5 Å². The standard InChI is InChI=1S/C21H38N2O2/c1-3-5-7-9-15-22-19-13-11-18(12-14-19)21(25)20(17-24)23-16-10-8-6-4-2/h11-14,20-25H,3-10,15-17H2,1-2H3/t20-,21-/m1/s1. The van der Waals surface area contributed by atoms with Gasteiger partial charge in [0, 0.05) is 12.2 Å². The van der Waals surface area contributed by atoms with Crippen LogP contribution in [0.2, 0.25) is 0 Å². The third-order valence-corrected chi connectivity index (χ3v) is 4.63. The molecule has 0 saturated heterocycles. The van der Waals surface area contributed by atoms with Crippen LogP contribution in [0.25, 0.3) is 0 Å². The molecule has 2 atom stereocenters. The Morgan fingerprint density at radius 2 is 1.44 bits per heavy atom. The third-order valence-electron chi connectivity index (χ3n) is 4.63. The number of unbranched alkanes of at least 4 members (excludes halogenated alkanes) is 6. The molecule has 0 aliphatic carbocycles. The van der Waals surface area contributed by atoms with E-state index in [4.69, 9.17) is 0 Å². The summed E-state index contributed by atoms with van der Waals surface area (Å²) in [5.74, 6) is 0. The summed E-state index contributed by atoms with van der Waals surface area (Å²) in [5.41, 5.74) is 1.93. The highest BCUT2D eigenvalue weighted by atomic mass is 16.3. The van der Waals surface area contributed by atoms with Gasteiger partial charge < -0.3 is 20.8 Å². The number of benzene rings is 1. The Labute approximate surface area is 154 Å². The number of anilines is 1. The maximum absolute atomic E-state index is 10.5. The van der Waals surface area contributed by atoms with Crippen molar-refractivity contribution in [2.75, 3.05) is 25.0 Å². The average molecular weight is 351 g/mol. The molecule has 0 aliphatic heterocycles. The van der Waals surface area contributed by atoms with Crippen molar-refractivity contribution in [3.8, 4) is 0 Å². The molecule has 0 heterocycles. The molecule has 0 unspecified atom stereocenters. The maximum atomic E-state index is 10.5. The van der Waals surface area contributed by atoms with E-state index in [0.29, 0.717) is 0 Å². The molecular formula is C21H38N2O2. The molecule has 0 radical (unpaired) electrons. The molecule has 0 aliphatic rings. The molecule has 1 aromatic carbocycles. The quantitative estimate of drug-likeness (QED) is 0.357. The molecule has 0 fully saturated rings. The minimum absolute atomic E-state index is 0.0631. The van der Waals surface area contributed by atoms with E-state index in [-0.39, 0.29) is 12.6 Å². The van der Waals surface area contributed by atoms with Crippen molar-refractivity contribution in [3.63, 3.8) is 0 Å². The molecule has 0 bridgehead atoms. The van der Waals surface area contributed by atoms with Crippen LogP contribution < -0.4 is 10.6 Å². The minimum Gasteiger partial charge on any atom is -0.395 e. The maximum Gasteiger partial charge on any atom is 0.0965 e. The topological polar surface area (TPSA) is 64.5 Å². The average Bonchev–Trinajstić information content (AvgIpc) is 2.64. The summed E-state index contributed by atoms with van der Waals surface area (Å²) in [4.78, 5) is 0. The lowest BCUT2D eigenvalue weighted by atomic mass is 10.0. The van der Waals surface area contributed by atoms with Crippen LogP contribution in [0.4, 0.5) is 5.69 Å². The van der Waals surface area contributed by atoms with Gasteiger partial charge in [0.2, 0.25) is 0 Å². The van der Waals surface area contributed by atoms with Crippen LogP contribution in [0.3, 0.4) is 0 Å². The van der Waals surface area contributed by atoms with E-state index >= 15 is 0 Å². The summed E-state index contributed by atoms with van der Waals surface area (Å²) >= 11 is 0. The van der Waals surface area contributed by atoms with Crippen LogP contribution in [0.15, 0.2) is 24.3 Å². The van der Waals surface area contributed by atoms with Gasteiger partial charge in [0.05, 0.1) is 18.8 Å². The number of rotatable bonds is 15. The monoisotopic (exact) mass is 350 g/mol. The van der Waals surface area contributed by atoms with Gasteiger partial charge >= 0.3 is 0 Å². The number of hydrogen-bond donors (Lipinski definition) is 4. The predicted octanol–water partition coefficient (Wildman–Crippen LogP) is 4.24. The minimum atomic E-state index is -0.685. The van der Waals surface area contributed by atoms with Crippen molar-refractivity contribution >= 4 is 5.69 Å². The van der Waals surface area contributed by atoms with Crippen molar-refractivity contribution in [3.05, 3.63) is 29.8 Å². The Bertz CT molecular complexity index is 422. The van der Waals surface area contributed by atoms with Crippen LogP contribution in [0.5, 0.6) is 0 Å². The molecule has 0 saturated carbocycles. The SMILES string of the molecule is CCCCCCNc1ccc([C@@H](O)[C@@H](CO)NCCCCCC)cc1. The Hall–Kier alpha value is -1.10. The van der Waals surface area contributed by atoms with Crippen molar-refractivity contribution in [1.82, 2.24) is 5.32 Å². The fourth-order valence-corrected chi connectivity index (χ4v) is 2.93. The first-order chi connectivity index (χ1) is 12.2. The van der Waals surface area contributed by atoms with E-state index < -0.39 is 6.10 Å². The van der Waals surface area contributed by atoms with Gasteiger partial charge in [-0.05, 0) is 37.1 Å². The van der Waals surface area contributed by atoms with Crippen LogP contribution >= 0.6 is 0 Å². The van der Waals surface area contributed by atoms with Gasteiger partial charge in [-0.3, -0.25) is 0 Å². The van der Waals surface area contributed by atoms with Gasteiger partial charge in [0.1, 0.15) is 0 Å². The van der Waals surface area contributed by atoms with Crippen molar-refractivity contribution in [2.45, 2.75) is 77.4 Å². The van der Waals surface area contributed by atoms with Crippen molar-refractivity contribution in [2.24, 2.45) is 0 Å². The van der Waals surface area contributed by atoms with Gasteiger partial charge in [-0.15, -0.1) is 0 Å². The number of aliphatic hydroxyl groups excluding tert-OH is 2. The fraction of sp³-hybridized carbons (Fsp3) is 0.714. The Balaban J connectivity index is 2.38. The summed E-state index contributed by atoms with van der Waals surface area (Å²) < 4.78 is 0. The predicted molar refractivity (Wildman–Crippen MR) is 107 cm³/mol. The molecule has 4 nitrogen and oxygen atoms in total. The smallest absolute Gasteiger partial charge is 0.0965 e. The second kappa shape index (κ2) is 14.1. The number of aliphatic hydroxyl groups is 2. The zero-order valence-electron chi connectivity index (χ0n) is 16.1. The fourth-order valence-electron chi connectivity index (χ4n) is 2.93. The Morgan fingerprint density at radius 1 is 0.840 bits per heavy atom. The molecule has 25 heavy (non-hydrogen) atoms. The van der Waals surface area contributed by atoms with E-state index in [9.17, 15) is 10.2 Å². The van der Waals surface area contributed by atoms with E-state index in [1.165, 1.54) is 44.9 Å². The molecule has 4 heteroatoms. The number of hydrogen-bond acceptors (Lipinski definition) is 4. The molecule has 4 N–H and O–H groups in total. The highest BCUT2D eigenvalue weighted by molar-refractivity contribution is 5.45. The van der Waals surface area contributed by atoms with E-state index in [0.717, 1.165) is 30.8 Å². The molecule has 0 amide bonds. The third kappa shape index (κ3) is 9.24. The van der Waals surface area contributed by atoms with E-state index in [2.05, 4.69) is 24.5 Å². The van der Waals surface area contributed by atoms with Gasteiger partial charge in [0.15, 0.2) is 0 Å². The van der Waals surface area contributed by atoms with Crippen LogP contribution in [0, 0.1) is 0 Å². The molecule has 1 aromatic rings.